The van der Waals surface area contributed by atoms with E-state index < -0.39 is 31.0 Å². The van der Waals surface area contributed by atoms with Gasteiger partial charge in [0.25, 0.3) is 5.37 Å². The largest absolute Gasteiger partial charge is 1.00 e. The van der Waals surface area contributed by atoms with Gasteiger partial charge < -0.3 is 14.0 Å². The maximum atomic E-state index is 12.6. The Hall–Kier alpha value is -3.32. The fourth-order valence-electron chi connectivity index (χ4n) is 6.52. The standard InChI is InChI=1S/C39H39ClN2O6S2.Na/c1-5-41(38(49(43,44)45)29-15-9-7-10-16-29)31-21-23-33(27(3)25-31)37(35-19-13-14-20-36(35)40)34-24-22-32(26-28(34)4)42(6-2)39(50(46,47)48)30-17-11-8-12-18-30;/h7-26,38-39H,5-6H2,1-4H3,(H-,43,44,45,46,47,48);/q;+1/p-1. The average molecular weight is 753 g/mol. The van der Waals surface area contributed by atoms with Gasteiger partial charge in [-0.1, -0.05) is 96.5 Å². The van der Waals surface area contributed by atoms with Gasteiger partial charge in [-0.15, -0.1) is 0 Å². The molecule has 0 bridgehead atoms. The van der Waals surface area contributed by atoms with Crippen molar-refractivity contribution in [2.45, 2.75) is 38.4 Å². The summed E-state index contributed by atoms with van der Waals surface area (Å²) < 4.78 is 77.3. The third-order valence-corrected chi connectivity index (χ3v) is 11.2. The van der Waals surface area contributed by atoms with Crippen molar-refractivity contribution in [1.82, 2.24) is 0 Å². The molecule has 0 aromatic heterocycles. The molecule has 0 saturated carbocycles. The molecular weight excluding hydrogens is 715 g/mol. The monoisotopic (exact) mass is 752 g/mol. The van der Waals surface area contributed by atoms with Crippen LogP contribution in [0.2, 0.25) is 5.02 Å². The summed E-state index contributed by atoms with van der Waals surface area (Å²) in [6, 6.07) is 29.9. The molecule has 4 aromatic carbocycles. The molecule has 8 nitrogen and oxygen atoms in total. The van der Waals surface area contributed by atoms with Crippen molar-refractivity contribution in [3.63, 3.8) is 0 Å². The van der Waals surface area contributed by atoms with E-state index in [2.05, 4.69) is 0 Å². The van der Waals surface area contributed by atoms with Crippen LogP contribution >= 0.6 is 11.6 Å². The maximum absolute atomic E-state index is 12.6. The second-order valence-electron chi connectivity index (χ2n) is 11.9. The molecule has 12 heteroatoms. The molecule has 1 aliphatic carbocycles. The molecule has 0 aliphatic heterocycles. The van der Waals surface area contributed by atoms with Gasteiger partial charge in [0.2, 0.25) is 5.71 Å². The SMILES string of the molecule is CCN(c1ccc(/C(=C2C=C/C(=[N+](/CC)C(c3ccccc3)S(=O)(=O)[O-])C=C\2C)c2ccccc2Cl)c(C)c1)C(c1ccccc1)S(=O)(=O)[O-].[Na+]. The normalized spacial score (nSPS) is 16.4. The van der Waals surface area contributed by atoms with Crippen molar-refractivity contribution >= 4 is 48.8 Å². The van der Waals surface area contributed by atoms with Crippen LogP contribution in [-0.4, -0.2) is 49.3 Å². The van der Waals surface area contributed by atoms with Gasteiger partial charge in [-0.05, 0) is 85.4 Å². The number of benzene rings is 4. The Morgan fingerprint density at radius 3 is 1.86 bits per heavy atom. The van der Waals surface area contributed by atoms with E-state index in [4.69, 9.17) is 11.6 Å². The van der Waals surface area contributed by atoms with Crippen LogP contribution in [0.15, 0.2) is 133 Å². The second-order valence-corrected chi connectivity index (χ2v) is 15.2. The van der Waals surface area contributed by atoms with Crippen molar-refractivity contribution in [1.29, 1.82) is 0 Å². The molecular formula is C39H38ClN2NaO6S2. The summed E-state index contributed by atoms with van der Waals surface area (Å²) >= 11 is 6.81. The van der Waals surface area contributed by atoms with Crippen LogP contribution in [0.5, 0.6) is 0 Å². The molecule has 0 radical (unpaired) electrons. The molecule has 0 heterocycles. The molecule has 5 rings (SSSR count). The van der Waals surface area contributed by atoms with E-state index >= 15 is 0 Å². The smallest absolute Gasteiger partial charge is 0.746 e. The Balaban J connectivity index is 0.00000583. The molecule has 260 valence electrons. The molecule has 51 heavy (non-hydrogen) atoms. The number of hydrogen-bond donors (Lipinski definition) is 0. The van der Waals surface area contributed by atoms with Crippen molar-refractivity contribution in [2.75, 3.05) is 18.0 Å². The number of allylic oxidation sites excluding steroid dienone is 5. The van der Waals surface area contributed by atoms with Crippen LogP contribution < -0.4 is 34.5 Å². The van der Waals surface area contributed by atoms with Crippen molar-refractivity contribution in [3.8, 4) is 0 Å². The zero-order valence-corrected chi connectivity index (χ0v) is 33.5. The molecule has 0 amide bonds. The molecule has 0 saturated heterocycles. The number of anilines is 1. The summed E-state index contributed by atoms with van der Waals surface area (Å²) in [5.41, 5.74) is 6.73. The first kappa shape index (κ1) is 40.5. The van der Waals surface area contributed by atoms with Crippen molar-refractivity contribution < 1.29 is 60.1 Å². The van der Waals surface area contributed by atoms with E-state index in [1.807, 2.05) is 56.3 Å². The second kappa shape index (κ2) is 17.0. The number of nitrogens with zero attached hydrogens (tertiary/aromatic N) is 2. The first-order valence-electron chi connectivity index (χ1n) is 16.1. The van der Waals surface area contributed by atoms with E-state index in [9.17, 15) is 25.9 Å². The van der Waals surface area contributed by atoms with E-state index in [0.29, 0.717) is 27.5 Å². The third-order valence-electron chi connectivity index (χ3n) is 8.73. The quantitative estimate of drug-likeness (QED) is 0.123. The minimum atomic E-state index is -4.77. The Labute approximate surface area is 328 Å². The number of aryl methyl sites for hydroxylation is 1. The summed E-state index contributed by atoms with van der Waals surface area (Å²) in [5.74, 6) is 0. The van der Waals surface area contributed by atoms with E-state index in [-0.39, 0.29) is 42.6 Å². The van der Waals surface area contributed by atoms with Gasteiger partial charge in [0.15, 0.2) is 10.1 Å². The van der Waals surface area contributed by atoms with Gasteiger partial charge in [-0.2, -0.15) is 0 Å². The van der Waals surface area contributed by atoms with Crippen LogP contribution in [-0.2, 0) is 20.2 Å². The topological polar surface area (TPSA) is 121 Å². The van der Waals surface area contributed by atoms with Crippen LogP contribution in [0.1, 0.15) is 59.3 Å². The summed E-state index contributed by atoms with van der Waals surface area (Å²) in [7, 11) is -9.54. The van der Waals surface area contributed by atoms with Crippen LogP contribution in [0.25, 0.3) is 5.57 Å². The predicted octanol–water partition coefficient (Wildman–Crippen LogP) is 4.76. The third kappa shape index (κ3) is 9.01. The van der Waals surface area contributed by atoms with E-state index in [1.165, 1.54) is 0 Å². The van der Waals surface area contributed by atoms with Crippen LogP contribution in [0.4, 0.5) is 5.69 Å². The van der Waals surface area contributed by atoms with Gasteiger partial charge in [0, 0.05) is 40.5 Å². The fourth-order valence-corrected chi connectivity index (χ4v) is 8.90. The van der Waals surface area contributed by atoms with Gasteiger partial charge in [0.1, 0.15) is 22.0 Å². The molecule has 1 aliphatic rings. The van der Waals surface area contributed by atoms with Gasteiger partial charge in [-0.3, -0.25) is 0 Å². The zero-order chi connectivity index (χ0) is 36.2. The van der Waals surface area contributed by atoms with E-state index in [0.717, 1.165) is 33.4 Å². The molecule has 4 aromatic rings. The summed E-state index contributed by atoms with van der Waals surface area (Å²) in [4.78, 5) is 1.58. The van der Waals surface area contributed by atoms with E-state index in [1.54, 1.807) is 102 Å². The molecule has 0 spiro atoms. The fraction of sp³-hybridized carbons (Fsp3) is 0.205. The minimum Gasteiger partial charge on any atom is -0.746 e. The van der Waals surface area contributed by atoms with Gasteiger partial charge in [-0.25, -0.2) is 21.4 Å². The Morgan fingerprint density at radius 1 is 0.765 bits per heavy atom. The number of halogens is 1. The summed E-state index contributed by atoms with van der Waals surface area (Å²) in [6.45, 7) is 7.96. The van der Waals surface area contributed by atoms with Crippen LogP contribution in [0, 0.1) is 6.92 Å². The number of rotatable bonds is 11. The zero-order valence-electron chi connectivity index (χ0n) is 29.2. The first-order chi connectivity index (χ1) is 23.8. The molecule has 0 fully saturated rings. The van der Waals surface area contributed by atoms with Crippen molar-refractivity contribution in [3.05, 3.63) is 165 Å². The Morgan fingerprint density at radius 2 is 1.35 bits per heavy atom. The number of hydrogen-bond acceptors (Lipinski definition) is 7. The van der Waals surface area contributed by atoms with Crippen LogP contribution in [0.3, 0.4) is 0 Å². The summed E-state index contributed by atoms with van der Waals surface area (Å²) in [6.07, 6.45) is 5.56. The maximum Gasteiger partial charge on any atom is 1.00 e. The van der Waals surface area contributed by atoms with Gasteiger partial charge in [0.05, 0.1) is 0 Å². The first-order valence-corrected chi connectivity index (χ1v) is 19.4. The molecule has 0 N–H and O–H groups in total. The Bertz CT molecular complexity index is 2240. The van der Waals surface area contributed by atoms with Gasteiger partial charge >= 0.3 is 29.6 Å². The predicted molar refractivity (Wildman–Crippen MR) is 198 cm³/mol. The summed E-state index contributed by atoms with van der Waals surface area (Å²) in [5, 5.41) is -2.32. The average Bonchev–Trinajstić information content (AvgIpc) is 3.07. The minimum absolute atomic E-state index is 0. The van der Waals surface area contributed by atoms with Crippen molar-refractivity contribution in [2.24, 2.45) is 0 Å². The Kier molecular flexibility index (Phi) is 13.5. The molecule has 2 unspecified atom stereocenters. The molecule has 2 atom stereocenters.